The predicted molar refractivity (Wildman–Crippen MR) is 145 cm³/mol. The molecule has 2 aliphatic rings. The Hall–Kier alpha value is -2.91. The fourth-order valence-corrected chi connectivity index (χ4v) is 4.98. The van der Waals surface area contributed by atoms with Gasteiger partial charge in [0.2, 0.25) is 5.88 Å². The Kier molecular flexibility index (Phi) is 7.15. The van der Waals surface area contributed by atoms with Gasteiger partial charge in [0.15, 0.2) is 11.2 Å². The van der Waals surface area contributed by atoms with Crippen LogP contribution in [0.2, 0.25) is 10.0 Å². The summed E-state index contributed by atoms with van der Waals surface area (Å²) in [6, 6.07) is 13.5. The van der Waals surface area contributed by atoms with Crippen LogP contribution in [0.4, 0.5) is 0 Å². The highest BCUT2D eigenvalue weighted by Crippen LogP contribution is 2.36. The molecule has 6 rings (SSSR count). The van der Waals surface area contributed by atoms with Crippen molar-refractivity contribution in [2.24, 2.45) is 0 Å². The Morgan fingerprint density at radius 2 is 1.89 bits per heavy atom. The van der Waals surface area contributed by atoms with Crippen molar-refractivity contribution in [1.29, 1.82) is 0 Å². The van der Waals surface area contributed by atoms with Crippen molar-refractivity contribution in [3.8, 4) is 23.0 Å². The molecule has 192 valence electrons. The minimum atomic E-state index is 0.195. The van der Waals surface area contributed by atoms with Crippen LogP contribution in [0.5, 0.6) is 11.6 Å². The summed E-state index contributed by atoms with van der Waals surface area (Å²) in [7, 11) is 0. The lowest BCUT2D eigenvalue weighted by Crippen LogP contribution is -2.44. The van der Waals surface area contributed by atoms with E-state index in [4.69, 9.17) is 37.7 Å². The Morgan fingerprint density at radius 3 is 2.68 bits per heavy atom. The number of nitrogens with one attached hydrogen (secondary N) is 1. The standard InChI is InChI=1S/C27H28Cl2N6O2/c28-19-3-1-2-18(14-19)16-35-25(33-24-26(35)31-17-32-27(24)37-20-4-5-20)22-7-6-21(15-23(22)29)36-13-12-34-10-8-30-9-11-34/h1-3,6-7,14-15,17,20,30H,4-5,8-13,16H2. The topological polar surface area (TPSA) is 77.3 Å². The van der Waals surface area contributed by atoms with E-state index in [0.717, 1.165) is 62.4 Å². The molecule has 1 N–H and O–H groups in total. The van der Waals surface area contributed by atoms with Crippen LogP contribution in [0, 0.1) is 0 Å². The van der Waals surface area contributed by atoms with E-state index in [9.17, 15) is 0 Å². The van der Waals surface area contributed by atoms with Crippen molar-refractivity contribution in [2.45, 2.75) is 25.5 Å². The Balaban J connectivity index is 1.31. The van der Waals surface area contributed by atoms with Gasteiger partial charge in [0.05, 0.1) is 11.6 Å². The lowest BCUT2D eigenvalue weighted by atomic mass is 10.2. The summed E-state index contributed by atoms with van der Waals surface area (Å²) in [5.74, 6) is 1.93. The highest BCUT2D eigenvalue weighted by Gasteiger charge is 2.27. The summed E-state index contributed by atoms with van der Waals surface area (Å²) in [6.07, 6.45) is 3.78. The molecule has 37 heavy (non-hydrogen) atoms. The van der Waals surface area contributed by atoms with Crippen molar-refractivity contribution >= 4 is 34.4 Å². The minimum absolute atomic E-state index is 0.195. The summed E-state index contributed by atoms with van der Waals surface area (Å²) < 4.78 is 14.1. The molecule has 2 aromatic carbocycles. The van der Waals surface area contributed by atoms with Crippen LogP contribution in [0.25, 0.3) is 22.6 Å². The van der Waals surface area contributed by atoms with E-state index < -0.39 is 0 Å². The zero-order chi connectivity index (χ0) is 25.2. The number of hydrogen-bond donors (Lipinski definition) is 1. The summed E-state index contributed by atoms with van der Waals surface area (Å²) >= 11 is 13.1. The molecule has 0 bridgehead atoms. The number of halogens is 2. The molecule has 1 saturated heterocycles. The van der Waals surface area contributed by atoms with Gasteiger partial charge in [0, 0.05) is 43.3 Å². The highest BCUT2D eigenvalue weighted by molar-refractivity contribution is 6.33. The Bertz CT molecular complexity index is 1400. The van der Waals surface area contributed by atoms with E-state index in [1.807, 2.05) is 47.0 Å². The van der Waals surface area contributed by atoms with Gasteiger partial charge in [-0.15, -0.1) is 0 Å². The molecule has 0 unspecified atom stereocenters. The van der Waals surface area contributed by atoms with Gasteiger partial charge in [-0.1, -0.05) is 35.3 Å². The smallest absolute Gasteiger partial charge is 0.245 e. The fraction of sp³-hybridized carbons (Fsp3) is 0.370. The molecule has 0 atom stereocenters. The SMILES string of the molecule is Clc1cccc(Cn2c(-c3ccc(OCCN4CCNCC4)cc3Cl)nc3c(OC4CC4)ncnc32)c1. The number of hydrogen-bond acceptors (Lipinski definition) is 7. The van der Waals surface area contributed by atoms with E-state index in [-0.39, 0.29) is 6.10 Å². The molecule has 8 nitrogen and oxygen atoms in total. The first-order valence-corrected chi connectivity index (χ1v) is 13.4. The van der Waals surface area contributed by atoms with Gasteiger partial charge in [-0.05, 0) is 48.7 Å². The summed E-state index contributed by atoms with van der Waals surface area (Å²) in [6.45, 7) is 6.15. The molecule has 4 aromatic rings. The van der Waals surface area contributed by atoms with Crippen LogP contribution in [0.1, 0.15) is 18.4 Å². The van der Waals surface area contributed by atoms with Gasteiger partial charge in [-0.25, -0.2) is 9.97 Å². The van der Waals surface area contributed by atoms with Crippen molar-refractivity contribution in [1.82, 2.24) is 29.7 Å². The maximum Gasteiger partial charge on any atom is 0.245 e. The average Bonchev–Trinajstić information content (AvgIpc) is 3.65. The molecule has 0 radical (unpaired) electrons. The lowest BCUT2D eigenvalue weighted by molar-refractivity contribution is 0.191. The van der Waals surface area contributed by atoms with Gasteiger partial charge in [-0.2, -0.15) is 4.98 Å². The van der Waals surface area contributed by atoms with Gasteiger partial charge in [0.1, 0.15) is 30.6 Å². The maximum atomic E-state index is 6.81. The zero-order valence-electron chi connectivity index (χ0n) is 20.4. The van der Waals surface area contributed by atoms with Crippen LogP contribution in [0.15, 0.2) is 48.8 Å². The zero-order valence-corrected chi connectivity index (χ0v) is 21.9. The number of imidazole rings is 1. The molecule has 2 fully saturated rings. The first-order chi connectivity index (χ1) is 18.1. The second kappa shape index (κ2) is 10.8. The summed E-state index contributed by atoms with van der Waals surface area (Å²) in [5, 5.41) is 4.60. The van der Waals surface area contributed by atoms with Gasteiger partial charge in [-0.3, -0.25) is 4.90 Å². The Labute approximate surface area is 225 Å². The van der Waals surface area contributed by atoms with E-state index >= 15 is 0 Å². The van der Waals surface area contributed by atoms with Crippen LogP contribution in [-0.2, 0) is 6.54 Å². The van der Waals surface area contributed by atoms with Gasteiger partial charge in [0.25, 0.3) is 0 Å². The van der Waals surface area contributed by atoms with Crippen LogP contribution >= 0.6 is 23.2 Å². The largest absolute Gasteiger partial charge is 0.492 e. The second-order valence-electron chi connectivity index (χ2n) is 9.40. The van der Waals surface area contributed by atoms with E-state index in [2.05, 4.69) is 20.2 Å². The first kappa shape index (κ1) is 24.4. The van der Waals surface area contributed by atoms with Gasteiger partial charge < -0.3 is 19.4 Å². The third-order valence-electron chi connectivity index (χ3n) is 6.60. The molecule has 0 spiro atoms. The van der Waals surface area contributed by atoms with Crippen molar-refractivity contribution in [3.05, 3.63) is 64.4 Å². The Morgan fingerprint density at radius 1 is 1.03 bits per heavy atom. The third-order valence-corrected chi connectivity index (χ3v) is 7.15. The predicted octanol–water partition coefficient (Wildman–Crippen LogP) is 4.67. The molecule has 1 saturated carbocycles. The van der Waals surface area contributed by atoms with E-state index in [1.54, 1.807) is 0 Å². The second-order valence-corrected chi connectivity index (χ2v) is 10.2. The lowest BCUT2D eigenvalue weighted by Gasteiger charge is -2.26. The van der Waals surface area contributed by atoms with Crippen LogP contribution < -0.4 is 14.8 Å². The first-order valence-electron chi connectivity index (χ1n) is 12.6. The number of fused-ring (bicyclic) bond motifs is 1. The van der Waals surface area contributed by atoms with Crippen LogP contribution in [0.3, 0.4) is 0 Å². The van der Waals surface area contributed by atoms with Crippen molar-refractivity contribution in [2.75, 3.05) is 39.3 Å². The molecule has 3 heterocycles. The minimum Gasteiger partial charge on any atom is -0.492 e. The monoisotopic (exact) mass is 538 g/mol. The fourth-order valence-electron chi connectivity index (χ4n) is 4.51. The molecule has 1 aliphatic carbocycles. The number of nitrogens with zero attached hydrogens (tertiary/aromatic N) is 5. The number of ether oxygens (including phenoxy) is 2. The van der Waals surface area contributed by atoms with Crippen molar-refractivity contribution < 1.29 is 9.47 Å². The maximum absolute atomic E-state index is 6.81. The molecule has 0 amide bonds. The molecule has 1 aliphatic heterocycles. The number of benzene rings is 2. The molecular weight excluding hydrogens is 511 g/mol. The normalized spacial score (nSPS) is 16.3. The highest BCUT2D eigenvalue weighted by atomic mass is 35.5. The quantitative estimate of drug-likeness (QED) is 0.331. The van der Waals surface area contributed by atoms with E-state index in [1.165, 1.54) is 6.33 Å². The summed E-state index contributed by atoms with van der Waals surface area (Å²) in [5.41, 5.74) is 3.13. The number of piperazine rings is 1. The van der Waals surface area contributed by atoms with Gasteiger partial charge >= 0.3 is 0 Å². The third kappa shape index (κ3) is 5.67. The molecule has 10 heteroatoms. The molecule has 2 aromatic heterocycles. The van der Waals surface area contributed by atoms with Crippen LogP contribution in [-0.4, -0.2) is 69.9 Å². The number of aromatic nitrogens is 4. The molecular formula is C27H28Cl2N6O2. The number of rotatable bonds is 9. The van der Waals surface area contributed by atoms with E-state index in [0.29, 0.717) is 46.1 Å². The van der Waals surface area contributed by atoms with Crippen molar-refractivity contribution in [3.63, 3.8) is 0 Å². The summed E-state index contributed by atoms with van der Waals surface area (Å²) in [4.78, 5) is 16.3. The average molecular weight is 539 g/mol.